The Morgan fingerprint density at radius 2 is 2.30 bits per heavy atom. The first-order chi connectivity index (χ1) is 4.70. The van der Waals surface area contributed by atoms with Crippen molar-refractivity contribution in [3.05, 3.63) is 12.3 Å². The van der Waals surface area contributed by atoms with Crippen LogP contribution in [0.2, 0.25) is 0 Å². The lowest BCUT2D eigenvalue weighted by molar-refractivity contribution is -0.0977. The highest BCUT2D eigenvalue weighted by molar-refractivity contribution is 6.19. The number of alkyl halides is 1. The van der Waals surface area contributed by atoms with Gasteiger partial charge in [0.05, 0.1) is 5.88 Å². The number of allylic oxidation sites excluding steroid dienone is 1. The molecular weight excluding hydrogens is 152 g/mol. The van der Waals surface area contributed by atoms with E-state index in [1.807, 2.05) is 6.92 Å². The standard InChI is InChI=1S/C7H13ClO2/c1-4-9-7(3)10-6(2)5-8/h7H,2,4-5H2,1,3H3. The molecule has 10 heavy (non-hydrogen) atoms. The van der Waals surface area contributed by atoms with Gasteiger partial charge in [-0.2, -0.15) is 0 Å². The molecule has 0 saturated heterocycles. The van der Waals surface area contributed by atoms with E-state index in [1.165, 1.54) is 0 Å². The molecule has 0 radical (unpaired) electrons. The van der Waals surface area contributed by atoms with E-state index in [2.05, 4.69) is 6.58 Å². The summed E-state index contributed by atoms with van der Waals surface area (Å²) in [4.78, 5) is 0. The molecule has 0 saturated carbocycles. The van der Waals surface area contributed by atoms with Crippen molar-refractivity contribution in [2.75, 3.05) is 12.5 Å². The minimum absolute atomic E-state index is 0.240. The zero-order valence-electron chi connectivity index (χ0n) is 6.39. The lowest BCUT2D eigenvalue weighted by Crippen LogP contribution is -2.12. The highest BCUT2D eigenvalue weighted by Gasteiger charge is 2.00. The van der Waals surface area contributed by atoms with Gasteiger partial charge in [0, 0.05) is 6.61 Å². The van der Waals surface area contributed by atoms with E-state index in [1.54, 1.807) is 6.92 Å². The predicted octanol–water partition coefficient (Wildman–Crippen LogP) is 2.14. The molecule has 0 amide bonds. The van der Waals surface area contributed by atoms with E-state index in [9.17, 15) is 0 Å². The largest absolute Gasteiger partial charge is 0.469 e. The Morgan fingerprint density at radius 1 is 1.70 bits per heavy atom. The van der Waals surface area contributed by atoms with E-state index in [4.69, 9.17) is 21.1 Å². The molecule has 0 N–H and O–H groups in total. The van der Waals surface area contributed by atoms with Crippen molar-refractivity contribution in [2.24, 2.45) is 0 Å². The Morgan fingerprint density at radius 3 is 2.70 bits per heavy atom. The summed E-state index contributed by atoms with van der Waals surface area (Å²) in [7, 11) is 0. The molecule has 1 unspecified atom stereocenters. The smallest absolute Gasteiger partial charge is 0.196 e. The van der Waals surface area contributed by atoms with Gasteiger partial charge < -0.3 is 9.47 Å². The lowest BCUT2D eigenvalue weighted by atomic mass is 10.6. The van der Waals surface area contributed by atoms with Crippen LogP contribution in [0.15, 0.2) is 12.3 Å². The van der Waals surface area contributed by atoms with Gasteiger partial charge in [-0.3, -0.25) is 0 Å². The van der Waals surface area contributed by atoms with E-state index in [0.717, 1.165) is 0 Å². The second kappa shape index (κ2) is 5.57. The van der Waals surface area contributed by atoms with Crippen molar-refractivity contribution in [3.63, 3.8) is 0 Å². The van der Waals surface area contributed by atoms with Crippen LogP contribution in [-0.4, -0.2) is 18.8 Å². The second-order valence-electron chi connectivity index (χ2n) is 1.81. The Kier molecular flexibility index (Phi) is 5.45. The van der Waals surface area contributed by atoms with E-state index in [-0.39, 0.29) is 6.29 Å². The quantitative estimate of drug-likeness (QED) is 0.352. The third kappa shape index (κ3) is 4.65. The highest BCUT2D eigenvalue weighted by Crippen LogP contribution is 2.02. The van der Waals surface area contributed by atoms with Gasteiger partial charge in [0.1, 0.15) is 5.76 Å². The normalized spacial score (nSPS) is 12.7. The van der Waals surface area contributed by atoms with Gasteiger partial charge in [-0.15, -0.1) is 11.6 Å². The van der Waals surface area contributed by atoms with Crippen molar-refractivity contribution >= 4 is 11.6 Å². The Hall–Kier alpha value is -0.210. The van der Waals surface area contributed by atoms with Crippen LogP contribution < -0.4 is 0 Å². The van der Waals surface area contributed by atoms with Gasteiger partial charge in [0.25, 0.3) is 0 Å². The summed E-state index contributed by atoms with van der Waals surface area (Å²) >= 11 is 5.42. The molecule has 2 nitrogen and oxygen atoms in total. The summed E-state index contributed by atoms with van der Waals surface area (Å²) in [5.74, 6) is 0.861. The second-order valence-corrected chi connectivity index (χ2v) is 2.08. The maximum absolute atomic E-state index is 5.42. The van der Waals surface area contributed by atoms with E-state index >= 15 is 0 Å². The molecule has 0 aromatic carbocycles. The van der Waals surface area contributed by atoms with Crippen LogP contribution in [0, 0.1) is 0 Å². The average Bonchev–Trinajstić information content (AvgIpc) is 1.88. The summed E-state index contributed by atoms with van der Waals surface area (Å²) in [6.07, 6.45) is -0.240. The van der Waals surface area contributed by atoms with Crippen molar-refractivity contribution in [2.45, 2.75) is 20.1 Å². The molecule has 0 aromatic heterocycles. The Bertz CT molecular complexity index is 104. The first-order valence-corrected chi connectivity index (χ1v) is 3.76. The third-order valence-corrected chi connectivity index (χ3v) is 1.18. The van der Waals surface area contributed by atoms with E-state index in [0.29, 0.717) is 18.2 Å². The van der Waals surface area contributed by atoms with Crippen molar-refractivity contribution in [3.8, 4) is 0 Å². The molecule has 3 heteroatoms. The molecule has 0 aliphatic rings. The molecule has 0 aliphatic carbocycles. The first kappa shape index (κ1) is 9.79. The van der Waals surface area contributed by atoms with Crippen molar-refractivity contribution < 1.29 is 9.47 Å². The predicted molar refractivity (Wildman–Crippen MR) is 42.0 cm³/mol. The Labute approximate surface area is 66.8 Å². The zero-order chi connectivity index (χ0) is 7.98. The van der Waals surface area contributed by atoms with Gasteiger partial charge in [0.2, 0.25) is 0 Å². The zero-order valence-corrected chi connectivity index (χ0v) is 7.15. The fraction of sp³-hybridized carbons (Fsp3) is 0.714. The molecular formula is C7H13ClO2. The third-order valence-electron chi connectivity index (χ3n) is 0.883. The molecule has 0 spiro atoms. The molecule has 0 aliphatic heterocycles. The van der Waals surface area contributed by atoms with Gasteiger partial charge >= 0.3 is 0 Å². The lowest BCUT2D eigenvalue weighted by Gasteiger charge is -2.14. The van der Waals surface area contributed by atoms with Crippen LogP contribution in [-0.2, 0) is 9.47 Å². The topological polar surface area (TPSA) is 18.5 Å². The van der Waals surface area contributed by atoms with Gasteiger partial charge in [-0.1, -0.05) is 6.58 Å². The Balaban J connectivity index is 3.37. The average molecular weight is 165 g/mol. The van der Waals surface area contributed by atoms with Gasteiger partial charge in [-0.05, 0) is 13.8 Å². The number of ether oxygens (including phenoxy) is 2. The highest BCUT2D eigenvalue weighted by atomic mass is 35.5. The van der Waals surface area contributed by atoms with Crippen LogP contribution in [0.4, 0.5) is 0 Å². The number of hydrogen-bond acceptors (Lipinski definition) is 2. The van der Waals surface area contributed by atoms with Gasteiger partial charge in [0.15, 0.2) is 6.29 Å². The number of hydrogen-bond donors (Lipinski definition) is 0. The van der Waals surface area contributed by atoms with Crippen molar-refractivity contribution in [1.29, 1.82) is 0 Å². The van der Waals surface area contributed by atoms with Crippen molar-refractivity contribution in [1.82, 2.24) is 0 Å². The molecule has 60 valence electrons. The first-order valence-electron chi connectivity index (χ1n) is 3.22. The fourth-order valence-electron chi connectivity index (χ4n) is 0.535. The van der Waals surface area contributed by atoms with E-state index < -0.39 is 0 Å². The van der Waals surface area contributed by atoms with Crippen LogP contribution >= 0.6 is 11.6 Å². The van der Waals surface area contributed by atoms with Crippen LogP contribution in [0.25, 0.3) is 0 Å². The minimum atomic E-state index is -0.240. The molecule has 0 heterocycles. The SMILES string of the molecule is C=C(CCl)OC(C)OCC. The minimum Gasteiger partial charge on any atom is -0.469 e. The summed E-state index contributed by atoms with van der Waals surface area (Å²) in [5.41, 5.74) is 0. The van der Waals surface area contributed by atoms with Crippen LogP contribution in [0.5, 0.6) is 0 Å². The molecule has 0 rings (SSSR count). The summed E-state index contributed by atoms with van der Waals surface area (Å²) < 4.78 is 10.2. The summed E-state index contributed by atoms with van der Waals surface area (Å²) in [5, 5.41) is 0. The summed E-state index contributed by atoms with van der Waals surface area (Å²) in [6, 6.07) is 0. The number of halogens is 1. The maximum Gasteiger partial charge on any atom is 0.196 e. The monoisotopic (exact) mass is 164 g/mol. The number of rotatable bonds is 5. The van der Waals surface area contributed by atoms with Crippen LogP contribution in [0.1, 0.15) is 13.8 Å². The molecule has 0 fully saturated rings. The fourth-order valence-corrected chi connectivity index (χ4v) is 0.598. The molecule has 0 aromatic rings. The molecule has 0 bridgehead atoms. The molecule has 1 atom stereocenters. The maximum atomic E-state index is 5.42. The van der Waals surface area contributed by atoms with Gasteiger partial charge in [-0.25, -0.2) is 0 Å². The summed E-state index contributed by atoms with van der Waals surface area (Å²) in [6.45, 7) is 7.91. The van der Waals surface area contributed by atoms with Crippen LogP contribution in [0.3, 0.4) is 0 Å².